The third-order valence-corrected chi connectivity index (χ3v) is 3.87. The number of aliphatic carboxylic acids is 1. The van der Waals surface area contributed by atoms with Crippen LogP contribution in [0.5, 0.6) is 0 Å². The maximum atomic E-state index is 12.4. The third-order valence-electron chi connectivity index (χ3n) is 3.87. The van der Waals surface area contributed by atoms with Gasteiger partial charge in [0.1, 0.15) is 16.7 Å². The van der Waals surface area contributed by atoms with Gasteiger partial charge in [-0.05, 0) is 26.2 Å². The maximum absolute atomic E-state index is 12.4. The molecule has 0 aliphatic heterocycles. The number of H-pyrrole nitrogens is 1. The van der Waals surface area contributed by atoms with Crippen LogP contribution in [0.25, 0.3) is 11.1 Å². The number of nitrogens with one attached hydrogen (secondary N) is 2. The van der Waals surface area contributed by atoms with E-state index in [0.717, 1.165) is 6.42 Å². The lowest BCUT2D eigenvalue weighted by Gasteiger charge is -2.38. The summed E-state index contributed by atoms with van der Waals surface area (Å²) in [4.78, 5) is 41.8. The van der Waals surface area contributed by atoms with E-state index in [4.69, 9.17) is 4.42 Å². The molecule has 2 aromatic heterocycles. The molecule has 2 aromatic rings. The highest BCUT2D eigenvalue weighted by Crippen LogP contribution is 2.33. The van der Waals surface area contributed by atoms with Crippen molar-refractivity contribution in [1.29, 1.82) is 0 Å². The van der Waals surface area contributed by atoms with Crippen LogP contribution in [-0.2, 0) is 4.79 Å². The van der Waals surface area contributed by atoms with Crippen LogP contribution in [0.2, 0.25) is 0 Å². The Hall–Kier alpha value is -2.64. The van der Waals surface area contributed by atoms with E-state index >= 15 is 0 Å². The van der Waals surface area contributed by atoms with Crippen LogP contribution in [0.15, 0.2) is 15.5 Å². The standard InChI is InChI=1S/C13H13N3O5/c1-6-7(8-9(17)14-5-15-11(8)21-6)10(18)16-13(12(19)20)3-2-4-13/h5H,2-4H2,1H3,(H,16,18)(H,19,20)(H,14,15,17). The van der Waals surface area contributed by atoms with Crippen molar-refractivity contribution < 1.29 is 19.1 Å². The number of carbonyl (C=O) groups is 2. The molecular weight excluding hydrogens is 278 g/mol. The molecule has 2 heterocycles. The van der Waals surface area contributed by atoms with Crippen LogP contribution < -0.4 is 10.9 Å². The monoisotopic (exact) mass is 291 g/mol. The fourth-order valence-corrected chi connectivity index (χ4v) is 2.53. The molecule has 0 saturated heterocycles. The van der Waals surface area contributed by atoms with Crippen molar-refractivity contribution in [3.8, 4) is 0 Å². The molecule has 1 fully saturated rings. The van der Waals surface area contributed by atoms with E-state index in [9.17, 15) is 19.5 Å². The molecule has 8 heteroatoms. The highest BCUT2D eigenvalue weighted by molar-refractivity contribution is 6.07. The Labute approximate surface area is 118 Å². The van der Waals surface area contributed by atoms with Crippen molar-refractivity contribution in [3.05, 3.63) is 28.0 Å². The normalized spacial score (nSPS) is 16.4. The lowest BCUT2D eigenvalue weighted by Crippen LogP contribution is -2.59. The van der Waals surface area contributed by atoms with Crippen molar-refractivity contribution >= 4 is 23.0 Å². The Morgan fingerprint density at radius 2 is 2.19 bits per heavy atom. The third kappa shape index (κ3) is 1.91. The molecule has 0 unspecified atom stereocenters. The van der Waals surface area contributed by atoms with Crippen LogP contribution in [0.4, 0.5) is 0 Å². The lowest BCUT2D eigenvalue weighted by molar-refractivity contribution is -0.148. The number of nitrogens with zero attached hydrogens (tertiary/aromatic N) is 1. The minimum atomic E-state index is -1.25. The first-order valence-electron chi connectivity index (χ1n) is 6.47. The minimum absolute atomic E-state index is 0.0341. The molecular formula is C13H13N3O5. The molecule has 0 spiro atoms. The topological polar surface area (TPSA) is 125 Å². The van der Waals surface area contributed by atoms with E-state index in [-0.39, 0.29) is 22.4 Å². The summed E-state index contributed by atoms with van der Waals surface area (Å²) in [6.45, 7) is 1.53. The van der Waals surface area contributed by atoms with Gasteiger partial charge in [-0.25, -0.2) is 9.78 Å². The number of hydrogen-bond donors (Lipinski definition) is 3. The number of amides is 1. The van der Waals surface area contributed by atoms with Gasteiger partial charge in [-0.1, -0.05) is 0 Å². The number of furan rings is 1. The molecule has 0 bridgehead atoms. The molecule has 1 aliphatic rings. The van der Waals surface area contributed by atoms with Crippen LogP contribution in [-0.4, -0.2) is 32.5 Å². The van der Waals surface area contributed by atoms with Crippen LogP contribution in [0.3, 0.4) is 0 Å². The van der Waals surface area contributed by atoms with Gasteiger partial charge in [-0.3, -0.25) is 9.59 Å². The van der Waals surface area contributed by atoms with Crippen LogP contribution in [0.1, 0.15) is 35.4 Å². The fraction of sp³-hybridized carbons (Fsp3) is 0.385. The summed E-state index contributed by atoms with van der Waals surface area (Å²) in [6.07, 6.45) is 2.66. The Morgan fingerprint density at radius 3 is 2.76 bits per heavy atom. The first kappa shape index (κ1) is 13.3. The molecule has 110 valence electrons. The molecule has 8 nitrogen and oxygen atoms in total. The number of aryl methyl sites for hydroxylation is 1. The van der Waals surface area contributed by atoms with E-state index < -0.39 is 23.0 Å². The second-order valence-corrected chi connectivity index (χ2v) is 5.14. The van der Waals surface area contributed by atoms with Gasteiger partial charge in [-0.15, -0.1) is 0 Å². The molecule has 1 aliphatic carbocycles. The predicted molar refractivity (Wildman–Crippen MR) is 71.1 cm³/mol. The second kappa shape index (κ2) is 4.44. The second-order valence-electron chi connectivity index (χ2n) is 5.14. The highest BCUT2D eigenvalue weighted by atomic mass is 16.4. The highest BCUT2D eigenvalue weighted by Gasteiger charge is 2.46. The maximum Gasteiger partial charge on any atom is 0.329 e. The van der Waals surface area contributed by atoms with Crippen molar-refractivity contribution in [2.24, 2.45) is 0 Å². The van der Waals surface area contributed by atoms with Gasteiger partial charge >= 0.3 is 5.97 Å². The molecule has 0 atom stereocenters. The fourth-order valence-electron chi connectivity index (χ4n) is 2.53. The van der Waals surface area contributed by atoms with Crippen LogP contribution in [0, 0.1) is 6.92 Å². The van der Waals surface area contributed by atoms with E-state index in [1.165, 1.54) is 13.3 Å². The summed E-state index contributed by atoms with van der Waals surface area (Å²) in [5.74, 6) is -1.47. The molecule has 21 heavy (non-hydrogen) atoms. The predicted octanol–water partition coefficient (Wildman–Crippen LogP) is 0.562. The first-order valence-corrected chi connectivity index (χ1v) is 6.47. The summed E-state index contributed by atoms with van der Waals surface area (Å²) < 4.78 is 5.29. The van der Waals surface area contributed by atoms with E-state index in [1.54, 1.807) is 0 Å². The van der Waals surface area contributed by atoms with Crippen molar-refractivity contribution in [1.82, 2.24) is 15.3 Å². The smallest absolute Gasteiger partial charge is 0.329 e. The molecule has 0 aromatic carbocycles. The van der Waals surface area contributed by atoms with Gasteiger partial charge in [0.25, 0.3) is 11.5 Å². The molecule has 1 amide bonds. The van der Waals surface area contributed by atoms with E-state index in [0.29, 0.717) is 12.8 Å². The summed E-state index contributed by atoms with van der Waals surface area (Å²) in [7, 11) is 0. The zero-order chi connectivity index (χ0) is 15.2. The summed E-state index contributed by atoms with van der Waals surface area (Å²) >= 11 is 0. The van der Waals surface area contributed by atoms with Gasteiger partial charge < -0.3 is 19.8 Å². The van der Waals surface area contributed by atoms with Crippen molar-refractivity contribution in [2.75, 3.05) is 0 Å². The van der Waals surface area contributed by atoms with Crippen molar-refractivity contribution in [2.45, 2.75) is 31.7 Å². The molecule has 0 radical (unpaired) electrons. The molecule has 1 saturated carbocycles. The number of carboxylic acid groups (broad SMARTS) is 1. The van der Waals surface area contributed by atoms with Crippen LogP contribution >= 0.6 is 0 Å². The Balaban J connectivity index is 2.05. The minimum Gasteiger partial charge on any atom is -0.480 e. The largest absolute Gasteiger partial charge is 0.480 e. The van der Waals surface area contributed by atoms with E-state index in [2.05, 4.69) is 15.3 Å². The molecule has 3 N–H and O–H groups in total. The van der Waals surface area contributed by atoms with Gasteiger partial charge in [0.15, 0.2) is 0 Å². The number of fused-ring (bicyclic) bond motifs is 1. The van der Waals surface area contributed by atoms with Crippen molar-refractivity contribution in [3.63, 3.8) is 0 Å². The lowest BCUT2D eigenvalue weighted by atomic mass is 9.76. The number of rotatable bonds is 3. The summed E-state index contributed by atoms with van der Waals surface area (Å²) in [5, 5.41) is 11.8. The number of hydrogen-bond acceptors (Lipinski definition) is 5. The van der Waals surface area contributed by atoms with E-state index in [1.807, 2.05) is 0 Å². The zero-order valence-corrected chi connectivity index (χ0v) is 11.2. The van der Waals surface area contributed by atoms with Gasteiger partial charge in [0.2, 0.25) is 5.71 Å². The van der Waals surface area contributed by atoms with Gasteiger partial charge in [0.05, 0.1) is 11.9 Å². The molecule has 3 rings (SSSR count). The Morgan fingerprint density at radius 1 is 1.48 bits per heavy atom. The zero-order valence-electron chi connectivity index (χ0n) is 11.2. The number of carbonyl (C=O) groups excluding carboxylic acids is 1. The average Bonchev–Trinajstić information content (AvgIpc) is 2.70. The summed E-state index contributed by atoms with van der Waals surface area (Å²) in [5.41, 5.74) is -1.66. The first-order chi connectivity index (χ1) is 9.94. The number of aromatic nitrogens is 2. The average molecular weight is 291 g/mol. The Kier molecular flexibility index (Phi) is 2.82. The van der Waals surface area contributed by atoms with Gasteiger partial charge in [-0.2, -0.15) is 0 Å². The Bertz CT molecular complexity index is 800. The number of carboxylic acids is 1. The quantitative estimate of drug-likeness (QED) is 0.758. The SMILES string of the molecule is Cc1oc2nc[nH]c(=O)c2c1C(=O)NC1(C(=O)O)CCC1. The van der Waals surface area contributed by atoms with Gasteiger partial charge in [0, 0.05) is 0 Å². The number of aromatic amines is 1. The summed E-state index contributed by atoms with van der Waals surface area (Å²) in [6, 6.07) is 0.